The molecule has 1 aromatic heterocycles. The van der Waals surface area contributed by atoms with Gasteiger partial charge in [-0.15, -0.1) is 0 Å². The third kappa shape index (κ3) is 3.57. The van der Waals surface area contributed by atoms with Gasteiger partial charge in [0, 0.05) is 12.6 Å². The number of nitrogens with zero attached hydrogens (tertiary/aromatic N) is 2. The smallest absolute Gasteiger partial charge is 0.218 e. The molecule has 0 saturated heterocycles. The Labute approximate surface area is 109 Å². The van der Waals surface area contributed by atoms with Gasteiger partial charge in [-0.25, -0.2) is 4.98 Å². The summed E-state index contributed by atoms with van der Waals surface area (Å²) in [4.78, 5) is 8.59. The van der Waals surface area contributed by atoms with Gasteiger partial charge in [0.05, 0.1) is 12.1 Å². The number of aromatic nitrogens is 2. The van der Waals surface area contributed by atoms with Gasteiger partial charge in [-0.2, -0.15) is 4.98 Å². The lowest BCUT2D eigenvalue weighted by Crippen LogP contribution is -2.47. The maximum absolute atomic E-state index is 5.85. The summed E-state index contributed by atoms with van der Waals surface area (Å²) < 4.78 is 5.41. The lowest BCUT2D eigenvalue weighted by molar-refractivity contribution is 0.325. The van der Waals surface area contributed by atoms with Crippen LogP contribution in [0, 0.1) is 12.8 Å². The van der Waals surface area contributed by atoms with E-state index in [4.69, 9.17) is 10.5 Å². The summed E-state index contributed by atoms with van der Waals surface area (Å²) in [6.45, 7) is 11.3. The topological polar surface area (TPSA) is 73.1 Å². The van der Waals surface area contributed by atoms with E-state index >= 15 is 0 Å². The second-order valence-corrected chi connectivity index (χ2v) is 4.97. The minimum absolute atomic E-state index is 0.190. The molecule has 0 bridgehead atoms. The number of ether oxygens (including phenoxy) is 1. The van der Waals surface area contributed by atoms with Crippen molar-refractivity contribution in [3.05, 3.63) is 11.9 Å². The first-order chi connectivity index (χ1) is 8.41. The summed E-state index contributed by atoms with van der Waals surface area (Å²) in [5.41, 5.74) is 5.66. The molecule has 0 aliphatic carbocycles. The van der Waals surface area contributed by atoms with Crippen molar-refractivity contribution < 1.29 is 4.74 Å². The number of nitrogens with two attached hydrogens (primary N) is 1. The van der Waals surface area contributed by atoms with Crippen LogP contribution in [0.25, 0.3) is 0 Å². The highest BCUT2D eigenvalue weighted by Gasteiger charge is 2.27. The lowest BCUT2D eigenvalue weighted by Gasteiger charge is -2.34. The van der Waals surface area contributed by atoms with E-state index in [0.717, 1.165) is 5.82 Å². The van der Waals surface area contributed by atoms with E-state index in [9.17, 15) is 0 Å². The van der Waals surface area contributed by atoms with E-state index < -0.39 is 0 Å². The van der Waals surface area contributed by atoms with Crippen LogP contribution >= 0.6 is 0 Å². The minimum Gasteiger partial charge on any atom is -0.478 e. The average Bonchev–Trinajstić information content (AvgIpc) is 2.28. The Hall–Kier alpha value is -1.36. The Morgan fingerprint density at radius 2 is 2.11 bits per heavy atom. The normalized spacial score (nSPS) is 14.4. The second-order valence-electron chi connectivity index (χ2n) is 4.97. The minimum atomic E-state index is -0.190. The summed E-state index contributed by atoms with van der Waals surface area (Å²) in [6, 6.07) is 1.81. The van der Waals surface area contributed by atoms with Gasteiger partial charge in [-0.1, -0.05) is 13.8 Å². The SMILES string of the molecule is CCOc1cc(NC(C)(CN)C(C)C)nc(C)n1. The molecule has 5 nitrogen and oxygen atoms in total. The van der Waals surface area contributed by atoms with Crippen LogP contribution in [0.15, 0.2) is 6.07 Å². The number of aryl methyl sites for hydroxylation is 1. The van der Waals surface area contributed by atoms with Crippen LogP contribution in [0.4, 0.5) is 5.82 Å². The molecular weight excluding hydrogens is 228 g/mol. The van der Waals surface area contributed by atoms with Gasteiger partial charge in [0.25, 0.3) is 0 Å². The van der Waals surface area contributed by atoms with Crippen molar-refractivity contribution in [1.29, 1.82) is 0 Å². The molecule has 102 valence electrons. The molecule has 1 atom stereocenters. The molecule has 0 aliphatic rings. The molecule has 0 aromatic carbocycles. The van der Waals surface area contributed by atoms with E-state index in [1.54, 1.807) is 0 Å². The summed E-state index contributed by atoms with van der Waals surface area (Å²) in [6.07, 6.45) is 0. The molecule has 0 aliphatic heterocycles. The largest absolute Gasteiger partial charge is 0.478 e. The zero-order valence-electron chi connectivity index (χ0n) is 11.9. The first kappa shape index (κ1) is 14.7. The van der Waals surface area contributed by atoms with Crippen LogP contribution in [-0.4, -0.2) is 28.7 Å². The highest BCUT2D eigenvalue weighted by Crippen LogP contribution is 2.22. The van der Waals surface area contributed by atoms with Crippen LogP contribution in [0.2, 0.25) is 0 Å². The summed E-state index contributed by atoms with van der Waals surface area (Å²) in [5.74, 6) is 2.43. The number of nitrogens with one attached hydrogen (secondary N) is 1. The van der Waals surface area contributed by atoms with Gasteiger partial charge in [0.2, 0.25) is 5.88 Å². The highest BCUT2D eigenvalue weighted by molar-refractivity contribution is 5.41. The van der Waals surface area contributed by atoms with E-state index in [2.05, 4.69) is 36.1 Å². The maximum Gasteiger partial charge on any atom is 0.218 e. The highest BCUT2D eigenvalue weighted by atomic mass is 16.5. The zero-order valence-corrected chi connectivity index (χ0v) is 11.9. The Bertz CT molecular complexity index is 395. The lowest BCUT2D eigenvalue weighted by atomic mass is 9.88. The van der Waals surface area contributed by atoms with E-state index in [0.29, 0.717) is 30.8 Å². The molecule has 0 radical (unpaired) electrons. The van der Waals surface area contributed by atoms with Crippen LogP contribution < -0.4 is 15.8 Å². The van der Waals surface area contributed by atoms with Crippen molar-refractivity contribution in [1.82, 2.24) is 9.97 Å². The Kier molecular flexibility index (Phi) is 4.90. The molecule has 18 heavy (non-hydrogen) atoms. The molecule has 0 saturated carbocycles. The molecule has 1 rings (SSSR count). The van der Waals surface area contributed by atoms with Gasteiger partial charge in [0.1, 0.15) is 11.6 Å². The predicted octanol–water partition coefficient (Wildman–Crippen LogP) is 1.97. The standard InChI is InChI=1S/C13H24N4O/c1-6-18-12-7-11(15-10(4)16-12)17-13(5,8-14)9(2)3/h7,9H,6,8,14H2,1-5H3,(H,15,16,17). The van der Waals surface area contributed by atoms with Crippen LogP contribution in [0.5, 0.6) is 5.88 Å². The average molecular weight is 252 g/mol. The van der Waals surface area contributed by atoms with Gasteiger partial charge < -0.3 is 15.8 Å². The monoisotopic (exact) mass is 252 g/mol. The molecule has 5 heteroatoms. The Morgan fingerprint density at radius 3 is 2.61 bits per heavy atom. The maximum atomic E-state index is 5.85. The summed E-state index contributed by atoms with van der Waals surface area (Å²) >= 11 is 0. The summed E-state index contributed by atoms with van der Waals surface area (Å²) in [7, 11) is 0. The van der Waals surface area contributed by atoms with E-state index in [-0.39, 0.29) is 5.54 Å². The Balaban J connectivity index is 2.96. The zero-order chi connectivity index (χ0) is 13.8. The fraction of sp³-hybridized carbons (Fsp3) is 0.692. The molecule has 0 amide bonds. The van der Waals surface area contributed by atoms with Crippen molar-refractivity contribution in [2.45, 2.75) is 40.2 Å². The molecule has 0 fully saturated rings. The molecule has 3 N–H and O–H groups in total. The van der Waals surface area contributed by atoms with Crippen LogP contribution in [-0.2, 0) is 0 Å². The number of hydrogen-bond acceptors (Lipinski definition) is 5. The number of hydrogen-bond donors (Lipinski definition) is 2. The van der Waals surface area contributed by atoms with Crippen LogP contribution in [0.3, 0.4) is 0 Å². The number of rotatable bonds is 6. The van der Waals surface area contributed by atoms with E-state index in [1.807, 2.05) is 19.9 Å². The molecule has 1 unspecified atom stereocenters. The fourth-order valence-electron chi connectivity index (χ4n) is 1.55. The van der Waals surface area contributed by atoms with Gasteiger partial charge in [0.15, 0.2) is 0 Å². The van der Waals surface area contributed by atoms with Crippen molar-refractivity contribution in [3.63, 3.8) is 0 Å². The third-order valence-corrected chi connectivity index (χ3v) is 3.22. The van der Waals surface area contributed by atoms with Crippen LogP contribution in [0.1, 0.15) is 33.5 Å². The van der Waals surface area contributed by atoms with Gasteiger partial charge in [-0.3, -0.25) is 0 Å². The summed E-state index contributed by atoms with van der Waals surface area (Å²) in [5, 5.41) is 3.39. The van der Waals surface area contributed by atoms with Crippen molar-refractivity contribution in [3.8, 4) is 5.88 Å². The predicted molar refractivity (Wildman–Crippen MR) is 73.9 cm³/mol. The van der Waals surface area contributed by atoms with E-state index in [1.165, 1.54) is 0 Å². The fourth-order valence-corrected chi connectivity index (χ4v) is 1.55. The van der Waals surface area contributed by atoms with Crippen molar-refractivity contribution in [2.24, 2.45) is 11.7 Å². The first-order valence-electron chi connectivity index (χ1n) is 6.38. The number of anilines is 1. The Morgan fingerprint density at radius 1 is 1.44 bits per heavy atom. The second kappa shape index (κ2) is 6.00. The molecule has 1 heterocycles. The van der Waals surface area contributed by atoms with Gasteiger partial charge in [-0.05, 0) is 26.7 Å². The molecule has 0 spiro atoms. The van der Waals surface area contributed by atoms with Gasteiger partial charge >= 0.3 is 0 Å². The van der Waals surface area contributed by atoms with Crippen molar-refractivity contribution in [2.75, 3.05) is 18.5 Å². The van der Waals surface area contributed by atoms with Crippen molar-refractivity contribution >= 4 is 5.82 Å². The quantitative estimate of drug-likeness (QED) is 0.809. The molecule has 1 aromatic rings. The third-order valence-electron chi connectivity index (χ3n) is 3.22. The first-order valence-corrected chi connectivity index (χ1v) is 6.38. The molecular formula is C13H24N4O.